The summed E-state index contributed by atoms with van der Waals surface area (Å²) in [6.07, 6.45) is 1.38. The first-order chi connectivity index (χ1) is 13.9. The second-order valence-electron chi connectivity index (χ2n) is 7.04. The number of carbonyl (C=O) groups excluding carboxylic acids is 1. The average Bonchev–Trinajstić information content (AvgIpc) is 2.71. The summed E-state index contributed by atoms with van der Waals surface area (Å²) in [5, 5.41) is 11.1. The smallest absolute Gasteiger partial charge is 0.200 e. The molecular weight excluding hydrogens is 376 g/mol. The van der Waals surface area contributed by atoms with Crippen molar-refractivity contribution in [3.63, 3.8) is 0 Å². The minimum absolute atomic E-state index is 0.00787. The molecule has 0 fully saturated rings. The maximum atomic E-state index is 13.2. The van der Waals surface area contributed by atoms with Crippen molar-refractivity contribution in [1.29, 1.82) is 0 Å². The Bertz CT molecular complexity index is 1140. The minimum atomic E-state index is -1.32. The molecule has 2 aromatic carbocycles. The Labute approximate surface area is 166 Å². The van der Waals surface area contributed by atoms with Crippen molar-refractivity contribution in [3.8, 4) is 28.4 Å². The highest BCUT2D eigenvalue weighted by Gasteiger charge is 2.18. The van der Waals surface area contributed by atoms with E-state index in [2.05, 4.69) is 0 Å². The molecule has 1 aromatic heterocycles. The van der Waals surface area contributed by atoms with Crippen LogP contribution in [0.1, 0.15) is 25.3 Å². The van der Waals surface area contributed by atoms with E-state index in [1.807, 2.05) is 13.8 Å². The van der Waals surface area contributed by atoms with E-state index < -0.39 is 12.6 Å². The molecule has 0 radical (unpaired) electrons. The van der Waals surface area contributed by atoms with Gasteiger partial charge >= 0.3 is 0 Å². The number of rotatable bonds is 5. The van der Waals surface area contributed by atoms with Gasteiger partial charge < -0.3 is 28.5 Å². The monoisotopic (exact) mass is 395 g/mol. The molecule has 1 aliphatic rings. The van der Waals surface area contributed by atoms with E-state index >= 15 is 0 Å². The molecule has 0 atom stereocenters. The van der Waals surface area contributed by atoms with Crippen LogP contribution in [0.3, 0.4) is 0 Å². The lowest BCUT2D eigenvalue weighted by atomic mass is 9.98. The maximum Gasteiger partial charge on any atom is 0.200 e. The Kier molecular flexibility index (Phi) is 4.88. The molecule has 0 amide bonds. The quantitative estimate of drug-likeness (QED) is 0.654. The molecule has 4 rings (SSSR count). The first-order valence-electron chi connectivity index (χ1n) is 9.26. The fraction of sp³-hybridized carbons (Fsp3) is 0.273. The SMILES string of the molecule is CC(C)c1cc2c(=O)c(-c3ccc4c(c3)OCCO4)coc2cc1OCC(=O)[O-]. The molecule has 0 N–H and O–H groups in total. The summed E-state index contributed by atoms with van der Waals surface area (Å²) in [6, 6.07) is 8.55. The molecule has 1 aliphatic heterocycles. The lowest BCUT2D eigenvalue weighted by Crippen LogP contribution is -2.29. The van der Waals surface area contributed by atoms with Crippen LogP contribution in [0.25, 0.3) is 22.1 Å². The number of carboxylic acids is 1. The average molecular weight is 395 g/mol. The van der Waals surface area contributed by atoms with Crippen LogP contribution < -0.4 is 24.7 Å². The van der Waals surface area contributed by atoms with Crippen LogP contribution in [0.4, 0.5) is 0 Å². The molecule has 3 aromatic rings. The molecule has 29 heavy (non-hydrogen) atoms. The fourth-order valence-corrected chi connectivity index (χ4v) is 3.30. The highest BCUT2D eigenvalue weighted by Crippen LogP contribution is 2.35. The molecule has 0 aliphatic carbocycles. The van der Waals surface area contributed by atoms with Crippen molar-refractivity contribution in [1.82, 2.24) is 0 Å². The zero-order valence-electron chi connectivity index (χ0n) is 16.0. The van der Waals surface area contributed by atoms with E-state index in [1.165, 1.54) is 6.26 Å². The Morgan fingerprint density at radius 2 is 1.90 bits per heavy atom. The molecule has 150 valence electrons. The number of ether oxygens (including phenoxy) is 3. The van der Waals surface area contributed by atoms with Gasteiger partial charge in [-0.1, -0.05) is 19.9 Å². The zero-order valence-corrected chi connectivity index (χ0v) is 16.0. The van der Waals surface area contributed by atoms with E-state index in [0.29, 0.717) is 58.1 Å². The Balaban J connectivity index is 1.82. The van der Waals surface area contributed by atoms with Gasteiger partial charge in [-0.15, -0.1) is 0 Å². The molecular formula is C22H19O7-. The molecule has 0 saturated carbocycles. The summed E-state index contributed by atoms with van der Waals surface area (Å²) in [6.45, 7) is 4.23. The summed E-state index contributed by atoms with van der Waals surface area (Å²) >= 11 is 0. The van der Waals surface area contributed by atoms with Crippen molar-refractivity contribution >= 4 is 16.9 Å². The number of fused-ring (bicyclic) bond motifs is 2. The van der Waals surface area contributed by atoms with Crippen LogP contribution in [-0.2, 0) is 4.79 Å². The molecule has 0 spiro atoms. The third-order valence-electron chi connectivity index (χ3n) is 4.73. The first-order valence-corrected chi connectivity index (χ1v) is 9.26. The van der Waals surface area contributed by atoms with Crippen molar-refractivity contribution in [3.05, 3.63) is 52.4 Å². The molecule has 0 unspecified atom stereocenters. The van der Waals surface area contributed by atoms with Crippen LogP contribution in [0.2, 0.25) is 0 Å². The summed E-state index contributed by atoms with van der Waals surface area (Å²) in [4.78, 5) is 23.9. The van der Waals surface area contributed by atoms with Crippen LogP contribution in [0, 0.1) is 0 Å². The Hall–Kier alpha value is -3.48. The topological polar surface area (TPSA) is 98.0 Å². The predicted molar refractivity (Wildman–Crippen MR) is 104 cm³/mol. The van der Waals surface area contributed by atoms with E-state index in [1.54, 1.807) is 30.3 Å². The number of aliphatic carboxylic acids is 1. The summed E-state index contributed by atoms with van der Waals surface area (Å²) in [7, 11) is 0. The zero-order chi connectivity index (χ0) is 20.5. The number of carbonyl (C=O) groups is 1. The van der Waals surface area contributed by atoms with Gasteiger partial charge in [0.2, 0.25) is 5.43 Å². The van der Waals surface area contributed by atoms with Gasteiger partial charge in [-0.05, 0) is 35.2 Å². The van der Waals surface area contributed by atoms with Gasteiger partial charge in [-0.2, -0.15) is 0 Å². The predicted octanol–water partition coefficient (Wildman–Crippen LogP) is 2.48. The van der Waals surface area contributed by atoms with Crippen molar-refractivity contribution in [2.75, 3.05) is 19.8 Å². The first kappa shape index (κ1) is 18.9. The second-order valence-corrected chi connectivity index (χ2v) is 7.04. The van der Waals surface area contributed by atoms with Crippen molar-refractivity contribution < 1.29 is 28.5 Å². The molecule has 0 bridgehead atoms. The summed E-state index contributed by atoms with van der Waals surface area (Å²) in [5.41, 5.74) is 1.89. The van der Waals surface area contributed by atoms with Crippen LogP contribution in [0.5, 0.6) is 17.2 Å². The van der Waals surface area contributed by atoms with Gasteiger partial charge in [0, 0.05) is 6.07 Å². The van der Waals surface area contributed by atoms with Crippen LogP contribution in [-0.4, -0.2) is 25.8 Å². The Morgan fingerprint density at radius 1 is 1.14 bits per heavy atom. The van der Waals surface area contributed by atoms with E-state index in [9.17, 15) is 14.7 Å². The lowest BCUT2D eigenvalue weighted by Gasteiger charge is -2.19. The number of hydrogen-bond donors (Lipinski definition) is 0. The van der Waals surface area contributed by atoms with Gasteiger partial charge in [0.05, 0.1) is 16.9 Å². The number of hydrogen-bond acceptors (Lipinski definition) is 7. The van der Waals surface area contributed by atoms with E-state index in [-0.39, 0.29) is 11.3 Å². The standard InChI is InChI=1S/C22H20O7/c1-12(2)14-8-15-19(9-18(14)29-11-21(23)24)28-10-16(22(15)25)13-3-4-17-20(7-13)27-6-5-26-17/h3-4,7-10,12H,5-6,11H2,1-2H3,(H,23,24)/p-1. The van der Waals surface area contributed by atoms with Crippen molar-refractivity contribution in [2.24, 2.45) is 0 Å². The van der Waals surface area contributed by atoms with Crippen LogP contribution >= 0.6 is 0 Å². The third-order valence-corrected chi connectivity index (χ3v) is 4.73. The number of benzene rings is 2. The fourth-order valence-electron chi connectivity index (χ4n) is 3.30. The van der Waals surface area contributed by atoms with Gasteiger partial charge in [-0.3, -0.25) is 4.79 Å². The van der Waals surface area contributed by atoms with Gasteiger partial charge in [0.25, 0.3) is 0 Å². The lowest BCUT2D eigenvalue weighted by molar-refractivity contribution is -0.307. The molecule has 7 nitrogen and oxygen atoms in total. The van der Waals surface area contributed by atoms with Gasteiger partial charge in [0.15, 0.2) is 11.5 Å². The second kappa shape index (κ2) is 7.50. The number of carboxylic acid groups (broad SMARTS) is 1. The maximum absolute atomic E-state index is 13.2. The van der Waals surface area contributed by atoms with Crippen molar-refractivity contribution in [2.45, 2.75) is 19.8 Å². The molecule has 2 heterocycles. The van der Waals surface area contributed by atoms with E-state index in [4.69, 9.17) is 18.6 Å². The highest BCUT2D eigenvalue weighted by molar-refractivity contribution is 5.84. The van der Waals surface area contributed by atoms with Gasteiger partial charge in [0.1, 0.15) is 37.4 Å². The highest BCUT2D eigenvalue weighted by atomic mass is 16.6. The summed E-state index contributed by atoms with van der Waals surface area (Å²) in [5.74, 6) is 0.264. The normalized spacial score (nSPS) is 12.9. The largest absolute Gasteiger partial charge is 0.546 e. The Morgan fingerprint density at radius 3 is 2.62 bits per heavy atom. The molecule has 7 heteroatoms. The third kappa shape index (κ3) is 3.63. The van der Waals surface area contributed by atoms with Gasteiger partial charge in [-0.25, -0.2) is 0 Å². The molecule has 0 saturated heterocycles. The minimum Gasteiger partial charge on any atom is -0.546 e. The van der Waals surface area contributed by atoms with Crippen LogP contribution in [0.15, 0.2) is 45.8 Å². The van der Waals surface area contributed by atoms with E-state index in [0.717, 1.165) is 0 Å². The summed E-state index contributed by atoms with van der Waals surface area (Å²) < 4.78 is 22.1.